The molecule has 7 heteroatoms. The van der Waals surface area contributed by atoms with Crippen molar-refractivity contribution in [1.82, 2.24) is 9.88 Å². The Kier molecular flexibility index (Phi) is 4.16. The summed E-state index contributed by atoms with van der Waals surface area (Å²) in [5.74, 6) is 3.68. The third-order valence-corrected chi connectivity index (χ3v) is 3.53. The van der Waals surface area contributed by atoms with Crippen LogP contribution in [-0.4, -0.2) is 43.1 Å². The second-order valence-corrected chi connectivity index (χ2v) is 4.94. The average Bonchev–Trinajstić information content (AvgIpc) is 2.38. The molecule has 19 heavy (non-hydrogen) atoms. The maximum Gasteiger partial charge on any atom is 0.178 e. The number of likely N-dealkylation sites (N-methyl/N-ethyl adjacent to an activating group) is 2. The number of rotatable bonds is 3. The lowest BCUT2D eigenvalue weighted by Crippen LogP contribution is -2.45. The number of anilines is 2. The molecule has 2 rings (SSSR count). The zero-order chi connectivity index (χ0) is 14.0. The highest BCUT2D eigenvalue weighted by atomic mass is 19.1. The minimum atomic E-state index is -0.794. The van der Waals surface area contributed by atoms with E-state index >= 15 is 0 Å². The number of hydrogen-bond acceptors (Lipinski definition) is 5. The molecule has 0 aromatic carbocycles. The lowest BCUT2D eigenvalue weighted by molar-refractivity contribution is 0.247. The van der Waals surface area contributed by atoms with Crippen molar-refractivity contribution in [3.63, 3.8) is 0 Å². The Morgan fingerprint density at radius 2 is 2.21 bits per heavy atom. The number of halogens is 2. The van der Waals surface area contributed by atoms with Crippen LogP contribution >= 0.6 is 0 Å². The second kappa shape index (κ2) is 5.66. The highest BCUT2D eigenvalue weighted by Gasteiger charge is 2.25. The van der Waals surface area contributed by atoms with Gasteiger partial charge in [-0.25, -0.2) is 19.6 Å². The molecule has 1 aliphatic rings. The quantitative estimate of drug-likeness (QED) is 0.638. The van der Waals surface area contributed by atoms with E-state index in [2.05, 4.69) is 15.3 Å². The van der Waals surface area contributed by atoms with Gasteiger partial charge in [0.25, 0.3) is 0 Å². The number of likely N-dealkylation sites (tertiary alicyclic amines) is 1. The molecule has 106 valence electrons. The van der Waals surface area contributed by atoms with Crippen molar-refractivity contribution in [2.24, 2.45) is 5.84 Å². The molecule has 1 unspecified atom stereocenters. The second-order valence-electron chi connectivity index (χ2n) is 4.94. The van der Waals surface area contributed by atoms with Crippen LogP contribution in [0.15, 0.2) is 6.07 Å². The number of nitrogen functional groups attached to an aromatic ring is 1. The number of nitrogens with one attached hydrogen (secondary N) is 1. The van der Waals surface area contributed by atoms with Crippen LogP contribution in [0.4, 0.5) is 20.4 Å². The first-order chi connectivity index (χ1) is 9.02. The van der Waals surface area contributed by atoms with Gasteiger partial charge in [0.05, 0.1) is 0 Å². The first-order valence-corrected chi connectivity index (χ1v) is 6.27. The predicted octanol–water partition coefficient (Wildman–Crippen LogP) is 1.18. The highest BCUT2D eigenvalue weighted by Crippen LogP contribution is 2.25. The van der Waals surface area contributed by atoms with Crippen LogP contribution < -0.4 is 16.2 Å². The van der Waals surface area contributed by atoms with Crippen LogP contribution in [0.3, 0.4) is 0 Å². The fourth-order valence-corrected chi connectivity index (χ4v) is 2.43. The van der Waals surface area contributed by atoms with E-state index in [1.807, 2.05) is 7.05 Å². The van der Waals surface area contributed by atoms with Gasteiger partial charge in [0, 0.05) is 25.7 Å². The van der Waals surface area contributed by atoms with E-state index in [4.69, 9.17) is 5.84 Å². The van der Waals surface area contributed by atoms with Crippen molar-refractivity contribution in [3.8, 4) is 0 Å². The van der Waals surface area contributed by atoms with Crippen LogP contribution in [-0.2, 0) is 0 Å². The molecule has 1 aromatic heterocycles. The standard InChI is InChI=1S/C12H19F2N5/c1-18-5-3-4-8(7-18)19(2)12-10(14)6-9(13)11(16-12)17-15/h6,8H,3-5,7,15H2,1-2H3,(H,16,17). The van der Waals surface area contributed by atoms with Crippen LogP contribution in [0.2, 0.25) is 0 Å². The summed E-state index contributed by atoms with van der Waals surface area (Å²) >= 11 is 0. The molecule has 0 radical (unpaired) electrons. The van der Waals surface area contributed by atoms with Crippen LogP contribution in [0.1, 0.15) is 12.8 Å². The van der Waals surface area contributed by atoms with Gasteiger partial charge < -0.3 is 15.2 Å². The van der Waals surface area contributed by atoms with Gasteiger partial charge in [0.2, 0.25) is 0 Å². The molecule has 1 aromatic rings. The van der Waals surface area contributed by atoms with Gasteiger partial charge in [-0.15, -0.1) is 0 Å². The molecule has 0 aliphatic carbocycles. The number of hydrazine groups is 1. The van der Waals surface area contributed by atoms with Gasteiger partial charge in [0.1, 0.15) is 0 Å². The highest BCUT2D eigenvalue weighted by molar-refractivity contribution is 5.49. The van der Waals surface area contributed by atoms with Crippen molar-refractivity contribution in [2.45, 2.75) is 18.9 Å². The summed E-state index contributed by atoms with van der Waals surface area (Å²) in [5.41, 5.74) is 2.14. The Labute approximate surface area is 111 Å². The minimum Gasteiger partial charge on any atom is -0.353 e. The molecule has 1 saturated heterocycles. The Bertz CT molecular complexity index is 454. The number of nitrogens with zero attached hydrogens (tertiary/aromatic N) is 3. The number of aromatic nitrogens is 1. The number of pyridine rings is 1. The lowest BCUT2D eigenvalue weighted by atomic mass is 10.1. The SMILES string of the molecule is CN1CCCC(N(C)c2nc(NN)c(F)cc2F)C1. The van der Waals surface area contributed by atoms with E-state index < -0.39 is 11.6 Å². The molecular formula is C12H19F2N5. The maximum atomic E-state index is 13.8. The van der Waals surface area contributed by atoms with Crippen molar-refractivity contribution in [1.29, 1.82) is 0 Å². The van der Waals surface area contributed by atoms with E-state index in [-0.39, 0.29) is 17.7 Å². The molecule has 0 bridgehead atoms. The van der Waals surface area contributed by atoms with Crippen LogP contribution in [0, 0.1) is 11.6 Å². The summed E-state index contributed by atoms with van der Waals surface area (Å²) in [7, 11) is 3.80. The molecule has 0 amide bonds. The van der Waals surface area contributed by atoms with Crippen LogP contribution in [0.5, 0.6) is 0 Å². The number of hydrogen-bond donors (Lipinski definition) is 2. The summed E-state index contributed by atoms with van der Waals surface area (Å²) in [4.78, 5) is 7.86. The van der Waals surface area contributed by atoms with Crippen molar-refractivity contribution < 1.29 is 8.78 Å². The summed E-state index contributed by atoms with van der Waals surface area (Å²) in [6.07, 6.45) is 2.01. The molecule has 5 nitrogen and oxygen atoms in total. The van der Waals surface area contributed by atoms with Gasteiger partial charge in [0.15, 0.2) is 23.3 Å². The van der Waals surface area contributed by atoms with Crippen LogP contribution in [0.25, 0.3) is 0 Å². The van der Waals surface area contributed by atoms with Crippen molar-refractivity contribution in [2.75, 3.05) is 37.5 Å². The molecule has 1 aliphatic heterocycles. The maximum absolute atomic E-state index is 13.8. The molecule has 1 fully saturated rings. The average molecular weight is 271 g/mol. The first kappa shape index (κ1) is 14.0. The predicted molar refractivity (Wildman–Crippen MR) is 70.9 cm³/mol. The molecule has 0 saturated carbocycles. The number of piperidine rings is 1. The van der Waals surface area contributed by atoms with Crippen molar-refractivity contribution in [3.05, 3.63) is 17.7 Å². The zero-order valence-electron chi connectivity index (χ0n) is 11.2. The van der Waals surface area contributed by atoms with Gasteiger partial charge in [-0.2, -0.15) is 0 Å². The smallest absolute Gasteiger partial charge is 0.178 e. The minimum absolute atomic E-state index is 0.120. The van der Waals surface area contributed by atoms with Gasteiger partial charge in [-0.3, -0.25) is 0 Å². The van der Waals surface area contributed by atoms with Gasteiger partial charge >= 0.3 is 0 Å². The first-order valence-electron chi connectivity index (χ1n) is 6.27. The van der Waals surface area contributed by atoms with Gasteiger partial charge in [-0.1, -0.05) is 0 Å². The molecule has 2 heterocycles. The molecular weight excluding hydrogens is 252 g/mol. The van der Waals surface area contributed by atoms with E-state index in [0.717, 1.165) is 32.0 Å². The Morgan fingerprint density at radius 3 is 2.84 bits per heavy atom. The van der Waals surface area contributed by atoms with Gasteiger partial charge in [-0.05, 0) is 26.4 Å². The summed E-state index contributed by atoms with van der Waals surface area (Å²) < 4.78 is 27.2. The summed E-state index contributed by atoms with van der Waals surface area (Å²) in [6.45, 7) is 1.87. The van der Waals surface area contributed by atoms with Crippen molar-refractivity contribution >= 4 is 11.6 Å². The fourth-order valence-electron chi connectivity index (χ4n) is 2.43. The summed E-state index contributed by atoms with van der Waals surface area (Å²) in [5, 5.41) is 0. The van der Waals surface area contributed by atoms with E-state index in [0.29, 0.717) is 0 Å². The zero-order valence-corrected chi connectivity index (χ0v) is 11.2. The monoisotopic (exact) mass is 271 g/mol. The normalized spacial score (nSPS) is 20.4. The van der Waals surface area contributed by atoms with E-state index in [1.165, 1.54) is 0 Å². The third-order valence-electron chi connectivity index (χ3n) is 3.53. The lowest BCUT2D eigenvalue weighted by Gasteiger charge is -2.36. The molecule has 1 atom stereocenters. The number of nitrogens with two attached hydrogens (primary N) is 1. The Morgan fingerprint density at radius 1 is 1.47 bits per heavy atom. The largest absolute Gasteiger partial charge is 0.353 e. The van der Waals surface area contributed by atoms with E-state index in [1.54, 1.807) is 11.9 Å². The molecule has 0 spiro atoms. The Balaban J connectivity index is 2.25. The Hall–Kier alpha value is -1.47. The molecule has 3 N–H and O–H groups in total. The summed E-state index contributed by atoms with van der Waals surface area (Å²) in [6, 6.07) is 0.970. The topological polar surface area (TPSA) is 57.4 Å². The third kappa shape index (κ3) is 2.93. The fraction of sp³-hybridized carbons (Fsp3) is 0.583. The van der Waals surface area contributed by atoms with E-state index in [9.17, 15) is 8.78 Å².